The maximum absolute atomic E-state index is 13.0. The van der Waals surface area contributed by atoms with Crippen molar-refractivity contribution in [2.24, 2.45) is 0 Å². The maximum Gasteiger partial charge on any atom is 0.407 e. The van der Waals surface area contributed by atoms with E-state index in [-0.39, 0.29) is 28.6 Å². The van der Waals surface area contributed by atoms with Crippen molar-refractivity contribution in [1.82, 2.24) is 10.3 Å². The molecule has 1 aromatic carbocycles. The van der Waals surface area contributed by atoms with Crippen LogP contribution in [-0.4, -0.2) is 38.2 Å². The first-order valence-electron chi connectivity index (χ1n) is 8.99. The number of anilines is 2. The van der Waals surface area contributed by atoms with Gasteiger partial charge in [-0.3, -0.25) is 0 Å². The van der Waals surface area contributed by atoms with E-state index < -0.39 is 27.7 Å². The van der Waals surface area contributed by atoms with Crippen molar-refractivity contribution in [3.05, 3.63) is 42.1 Å². The molecule has 3 rings (SSSR count). The number of benzene rings is 1. The summed E-state index contributed by atoms with van der Waals surface area (Å²) in [5.74, 6) is 0.175. The van der Waals surface area contributed by atoms with Gasteiger partial charge in [-0.15, -0.1) is 0 Å². The van der Waals surface area contributed by atoms with Gasteiger partial charge in [-0.2, -0.15) is 4.31 Å². The van der Waals surface area contributed by atoms with Crippen LogP contribution in [0.4, 0.5) is 21.1 Å². The van der Waals surface area contributed by atoms with Crippen molar-refractivity contribution in [2.75, 3.05) is 16.7 Å². The van der Waals surface area contributed by atoms with Gasteiger partial charge in [-0.05, 0) is 45.0 Å². The quantitative estimate of drug-likeness (QED) is 0.757. The number of rotatable bonds is 4. The summed E-state index contributed by atoms with van der Waals surface area (Å²) in [7, 11) is -2.76. The van der Waals surface area contributed by atoms with Crippen molar-refractivity contribution in [2.45, 2.75) is 37.8 Å². The van der Waals surface area contributed by atoms with Gasteiger partial charge in [0.1, 0.15) is 21.9 Å². The number of amides is 3. The number of sulfonamides is 1. The Bertz CT molecular complexity index is 1090. The second-order valence-corrected chi connectivity index (χ2v) is 9.12. The van der Waals surface area contributed by atoms with E-state index in [1.54, 1.807) is 32.9 Å². The number of alkyl carbamates (subject to hydrolysis) is 1. The van der Waals surface area contributed by atoms with E-state index in [0.29, 0.717) is 10.1 Å². The number of urea groups is 1. The largest absolute Gasteiger partial charge is 0.495 e. The van der Waals surface area contributed by atoms with Crippen molar-refractivity contribution >= 4 is 33.7 Å². The van der Waals surface area contributed by atoms with E-state index in [4.69, 9.17) is 9.47 Å². The zero-order chi connectivity index (χ0) is 22.1. The lowest BCUT2D eigenvalue weighted by Crippen LogP contribution is -2.44. The zero-order valence-corrected chi connectivity index (χ0v) is 17.7. The van der Waals surface area contributed by atoms with Crippen molar-refractivity contribution in [3.63, 3.8) is 0 Å². The smallest absolute Gasteiger partial charge is 0.407 e. The molecule has 2 aromatic rings. The zero-order valence-electron chi connectivity index (χ0n) is 16.9. The first-order chi connectivity index (χ1) is 14.0. The van der Waals surface area contributed by atoms with Gasteiger partial charge in [-0.1, -0.05) is 12.1 Å². The summed E-state index contributed by atoms with van der Waals surface area (Å²) in [5.41, 5.74) is -0.265. The number of pyridine rings is 1. The highest BCUT2D eigenvalue weighted by molar-refractivity contribution is 7.94. The van der Waals surface area contributed by atoms with Gasteiger partial charge in [0.2, 0.25) is 0 Å². The number of fused-ring (bicyclic) bond motifs is 1. The fourth-order valence-electron chi connectivity index (χ4n) is 2.77. The number of carbonyl (C=O) groups is 2. The number of hydrogen-bond donors (Lipinski definition) is 2. The van der Waals surface area contributed by atoms with Gasteiger partial charge in [0.05, 0.1) is 19.3 Å². The van der Waals surface area contributed by atoms with Crippen LogP contribution in [-0.2, 0) is 21.3 Å². The Balaban J connectivity index is 1.93. The fourth-order valence-corrected chi connectivity index (χ4v) is 4.22. The Morgan fingerprint density at radius 3 is 2.57 bits per heavy atom. The van der Waals surface area contributed by atoms with Crippen LogP contribution in [0.5, 0.6) is 5.75 Å². The molecule has 3 amide bonds. The molecule has 1 aliphatic heterocycles. The van der Waals surface area contributed by atoms with Crippen LogP contribution in [0.3, 0.4) is 0 Å². The number of aromatic nitrogens is 1. The lowest BCUT2D eigenvalue weighted by atomic mass is 10.2. The lowest BCUT2D eigenvalue weighted by molar-refractivity contribution is 0.0522. The average Bonchev–Trinajstić information content (AvgIpc) is 2.65. The molecule has 0 spiro atoms. The molecule has 0 aliphatic carbocycles. The van der Waals surface area contributed by atoms with E-state index >= 15 is 0 Å². The highest BCUT2D eigenvalue weighted by Gasteiger charge is 2.38. The number of hydrogen-bond acceptors (Lipinski definition) is 7. The van der Waals surface area contributed by atoms with Crippen LogP contribution in [0.2, 0.25) is 0 Å². The molecule has 2 heterocycles. The standard InChI is InChI=1S/C19H22N4O6S/c1-19(2,3)29-18(25)20-11-13-14(28-4)9-10-16(21-13)23-17(24)22-12-7-5-6-8-15(12)30(23,26)27/h5-10H,11H2,1-4H3,(H,20,25)(H,22,24). The number of nitrogens with zero attached hydrogens (tertiary/aromatic N) is 2. The van der Waals surface area contributed by atoms with Crippen molar-refractivity contribution in [1.29, 1.82) is 0 Å². The number of para-hydroxylation sites is 1. The Kier molecular flexibility index (Phi) is 5.57. The second kappa shape index (κ2) is 7.82. The van der Waals surface area contributed by atoms with Crippen LogP contribution in [0.15, 0.2) is 41.3 Å². The summed E-state index contributed by atoms with van der Waals surface area (Å²) < 4.78 is 37.0. The fraction of sp³-hybridized carbons (Fsp3) is 0.316. The molecule has 1 aliphatic rings. The highest BCUT2D eigenvalue weighted by Crippen LogP contribution is 2.33. The van der Waals surface area contributed by atoms with Crippen molar-refractivity contribution < 1.29 is 27.5 Å². The van der Waals surface area contributed by atoms with Gasteiger partial charge >= 0.3 is 12.1 Å². The van der Waals surface area contributed by atoms with Gasteiger partial charge in [0, 0.05) is 0 Å². The van der Waals surface area contributed by atoms with Gasteiger partial charge in [-0.25, -0.2) is 23.0 Å². The van der Waals surface area contributed by atoms with E-state index in [2.05, 4.69) is 15.6 Å². The molecule has 0 atom stereocenters. The molecule has 160 valence electrons. The topological polar surface area (TPSA) is 127 Å². The Morgan fingerprint density at radius 2 is 1.90 bits per heavy atom. The number of methoxy groups -OCH3 is 1. The summed E-state index contributed by atoms with van der Waals surface area (Å²) >= 11 is 0. The van der Waals surface area contributed by atoms with Crippen LogP contribution in [0.1, 0.15) is 26.5 Å². The summed E-state index contributed by atoms with van der Waals surface area (Å²) in [6, 6.07) is 8.03. The third kappa shape index (κ3) is 4.30. The van der Waals surface area contributed by atoms with Crippen LogP contribution in [0.25, 0.3) is 0 Å². The summed E-state index contributed by atoms with van der Waals surface area (Å²) in [6.07, 6.45) is -0.672. The maximum atomic E-state index is 13.0. The minimum absolute atomic E-state index is 0.0457. The normalized spacial score (nSPS) is 15.1. The van der Waals surface area contributed by atoms with Gasteiger partial charge in [0.25, 0.3) is 10.0 Å². The third-order valence-electron chi connectivity index (χ3n) is 3.98. The number of ether oxygens (including phenoxy) is 2. The van der Waals surface area contributed by atoms with Crippen LogP contribution in [0, 0.1) is 0 Å². The second-order valence-electron chi connectivity index (χ2n) is 7.37. The number of carbonyl (C=O) groups excluding carboxylic acids is 2. The molecule has 0 saturated heterocycles. The molecule has 0 saturated carbocycles. The van der Waals surface area contributed by atoms with E-state index in [0.717, 1.165) is 0 Å². The lowest BCUT2D eigenvalue weighted by Gasteiger charge is -2.28. The predicted molar refractivity (Wildman–Crippen MR) is 109 cm³/mol. The average molecular weight is 434 g/mol. The van der Waals surface area contributed by atoms with E-state index in [9.17, 15) is 18.0 Å². The molecule has 10 nitrogen and oxygen atoms in total. The first kappa shape index (κ1) is 21.4. The molecule has 2 N–H and O–H groups in total. The Morgan fingerprint density at radius 1 is 1.20 bits per heavy atom. The minimum atomic E-state index is -4.17. The summed E-state index contributed by atoms with van der Waals surface area (Å²) in [4.78, 5) is 28.7. The molecular weight excluding hydrogens is 412 g/mol. The van der Waals surface area contributed by atoms with E-state index in [1.165, 1.54) is 31.4 Å². The Hall–Kier alpha value is -3.34. The van der Waals surface area contributed by atoms with Crippen molar-refractivity contribution in [3.8, 4) is 5.75 Å². The molecule has 0 bridgehead atoms. The monoisotopic (exact) mass is 434 g/mol. The Labute approximate surface area is 174 Å². The predicted octanol–water partition coefficient (Wildman–Crippen LogP) is 2.86. The van der Waals surface area contributed by atoms with Gasteiger partial charge < -0.3 is 20.1 Å². The molecule has 0 radical (unpaired) electrons. The molecule has 0 fully saturated rings. The van der Waals surface area contributed by atoms with Gasteiger partial charge in [0.15, 0.2) is 5.82 Å². The first-order valence-corrected chi connectivity index (χ1v) is 10.4. The number of nitrogens with one attached hydrogen (secondary N) is 2. The van der Waals surface area contributed by atoms with Crippen LogP contribution >= 0.6 is 0 Å². The SMILES string of the molecule is COc1ccc(N2C(=O)Nc3ccccc3S2(=O)=O)nc1CNC(=O)OC(C)(C)C. The molecule has 0 unspecified atom stereocenters. The van der Waals surface area contributed by atoms with Crippen LogP contribution < -0.4 is 19.7 Å². The summed E-state index contributed by atoms with van der Waals surface area (Å²) in [6.45, 7) is 5.08. The molecule has 1 aromatic heterocycles. The highest BCUT2D eigenvalue weighted by atomic mass is 32.2. The third-order valence-corrected chi connectivity index (χ3v) is 5.72. The molecular formula is C19H22N4O6S. The molecule has 11 heteroatoms. The summed E-state index contributed by atoms with van der Waals surface area (Å²) in [5, 5.41) is 5.07. The minimum Gasteiger partial charge on any atom is -0.495 e. The van der Waals surface area contributed by atoms with E-state index in [1.807, 2.05) is 0 Å². The molecule has 30 heavy (non-hydrogen) atoms.